The zero-order chi connectivity index (χ0) is 13.5. The number of anilines is 1. The van der Waals surface area contributed by atoms with Crippen molar-refractivity contribution in [2.45, 2.75) is 0 Å². The number of likely N-dealkylation sites (tertiary alicyclic amines) is 1. The van der Waals surface area contributed by atoms with Crippen molar-refractivity contribution in [1.29, 1.82) is 0 Å². The van der Waals surface area contributed by atoms with Crippen molar-refractivity contribution in [2.24, 2.45) is 11.8 Å². The van der Waals surface area contributed by atoms with Gasteiger partial charge in [-0.2, -0.15) is 5.10 Å². The summed E-state index contributed by atoms with van der Waals surface area (Å²) < 4.78 is 0. The monoisotopic (exact) mass is 270 g/mol. The molecule has 2 saturated heterocycles. The third-order valence-corrected chi connectivity index (χ3v) is 4.44. The van der Waals surface area contributed by atoms with Gasteiger partial charge in [-0.05, 0) is 31.0 Å². The second-order valence-corrected chi connectivity index (χ2v) is 5.91. The molecule has 20 heavy (non-hydrogen) atoms. The van der Waals surface area contributed by atoms with Gasteiger partial charge >= 0.3 is 0 Å². The molecule has 2 atom stereocenters. The molecule has 0 saturated carbocycles. The third-order valence-electron chi connectivity index (χ3n) is 4.44. The molecule has 2 aliphatic rings. The minimum atomic E-state index is 0.787. The zero-order valence-electron chi connectivity index (χ0n) is 11.5. The molecule has 6 nitrogen and oxygen atoms in total. The summed E-state index contributed by atoms with van der Waals surface area (Å²) in [7, 11) is 2.21. The molecule has 0 amide bonds. The van der Waals surface area contributed by atoms with Gasteiger partial charge in [0.15, 0.2) is 5.82 Å². The van der Waals surface area contributed by atoms with E-state index in [1.54, 1.807) is 6.20 Å². The van der Waals surface area contributed by atoms with Crippen LogP contribution in [-0.2, 0) is 0 Å². The number of fused-ring (bicyclic) bond motifs is 1. The fraction of sp³-hybridized carbons (Fsp3) is 0.500. The molecule has 104 valence electrons. The van der Waals surface area contributed by atoms with Crippen LogP contribution in [0.15, 0.2) is 24.5 Å². The molecule has 0 bridgehead atoms. The Morgan fingerprint density at radius 3 is 2.50 bits per heavy atom. The van der Waals surface area contributed by atoms with Crippen LogP contribution in [0.3, 0.4) is 0 Å². The maximum Gasteiger partial charge on any atom is 0.151 e. The van der Waals surface area contributed by atoms with E-state index in [2.05, 4.69) is 43.3 Å². The van der Waals surface area contributed by atoms with Gasteiger partial charge in [0.25, 0.3) is 0 Å². The molecular formula is C14H18N6. The van der Waals surface area contributed by atoms with Gasteiger partial charge in [-0.25, -0.2) is 0 Å². The van der Waals surface area contributed by atoms with Crippen LogP contribution >= 0.6 is 0 Å². The summed E-state index contributed by atoms with van der Waals surface area (Å²) in [6.45, 7) is 4.63. The van der Waals surface area contributed by atoms with Gasteiger partial charge in [0, 0.05) is 37.9 Å². The van der Waals surface area contributed by atoms with Crippen molar-refractivity contribution in [2.75, 3.05) is 38.1 Å². The standard InChI is InChI=1S/C14H18N6/c1-19-6-11-8-20(9-12(11)7-19)14-3-2-13(17-18-14)10-4-15-16-5-10/h2-5,11-12H,6-9H2,1H3,(H,15,16). The Bertz CT molecular complexity index is 564. The lowest BCUT2D eigenvalue weighted by Crippen LogP contribution is -2.27. The van der Waals surface area contributed by atoms with Crippen molar-refractivity contribution in [1.82, 2.24) is 25.3 Å². The molecular weight excluding hydrogens is 252 g/mol. The van der Waals surface area contributed by atoms with Gasteiger partial charge < -0.3 is 9.80 Å². The normalized spacial score (nSPS) is 26.1. The lowest BCUT2D eigenvalue weighted by Gasteiger charge is -2.19. The van der Waals surface area contributed by atoms with Crippen LogP contribution in [0.25, 0.3) is 11.3 Å². The quantitative estimate of drug-likeness (QED) is 0.877. The van der Waals surface area contributed by atoms with Crippen LogP contribution in [0.4, 0.5) is 5.82 Å². The van der Waals surface area contributed by atoms with Gasteiger partial charge in [0.2, 0.25) is 0 Å². The summed E-state index contributed by atoms with van der Waals surface area (Å²) in [4.78, 5) is 4.80. The molecule has 0 radical (unpaired) electrons. The number of nitrogens with one attached hydrogen (secondary N) is 1. The van der Waals surface area contributed by atoms with Crippen LogP contribution in [0.2, 0.25) is 0 Å². The number of aromatic amines is 1. The number of hydrogen-bond donors (Lipinski definition) is 1. The zero-order valence-corrected chi connectivity index (χ0v) is 11.5. The van der Waals surface area contributed by atoms with Crippen molar-refractivity contribution in [3.05, 3.63) is 24.5 Å². The predicted octanol–water partition coefficient (Wildman–Crippen LogP) is 0.864. The van der Waals surface area contributed by atoms with Crippen molar-refractivity contribution < 1.29 is 0 Å². The van der Waals surface area contributed by atoms with Crippen molar-refractivity contribution in [3.8, 4) is 11.3 Å². The number of nitrogens with zero attached hydrogens (tertiary/aromatic N) is 5. The van der Waals surface area contributed by atoms with Crippen molar-refractivity contribution in [3.63, 3.8) is 0 Å². The summed E-state index contributed by atoms with van der Waals surface area (Å²) in [6, 6.07) is 4.09. The summed E-state index contributed by atoms with van der Waals surface area (Å²) >= 11 is 0. The average molecular weight is 270 g/mol. The lowest BCUT2D eigenvalue weighted by molar-refractivity contribution is 0.387. The molecule has 2 aliphatic heterocycles. The van der Waals surface area contributed by atoms with E-state index in [1.807, 2.05) is 12.3 Å². The highest BCUT2D eigenvalue weighted by molar-refractivity contribution is 5.57. The van der Waals surface area contributed by atoms with Gasteiger partial charge in [-0.15, -0.1) is 10.2 Å². The van der Waals surface area contributed by atoms with E-state index in [4.69, 9.17) is 0 Å². The molecule has 2 aromatic heterocycles. The molecule has 4 rings (SSSR count). The minimum Gasteiger partial charge on any atom is -0.354 e. The van der Waals surface area contributed by atoms with Crippen LogP contribution in [0.1, 0.15) is 0 Å². The van der Waals surface area contributed by atoms with E-state index >= 15 is 0 Å². The first kappa shape index (κ1) is 11.8. The molecule has 2 unspecified atom stereocenters. The van der Waals surface area contributed by atoms with Crippen molar-refractivity contribution >= 4 is 5.82 Å². The Balaban J connectivity index is 1.50. The Morgan fingerprint density at radius 2 is 1.90 bits per heavy atom. The summed E-state index contributed by atoms with van der Waals surface area (Å²) in [5.41, 5.74) is 1.84. The van der Waals surface area contributed by atoms with Gasteiger partial charge in [0.1, 0.15) is 0 Å². The van der Waals surface area contributed by atoms with E-state index in [1.165, 1.54) is 13.1 Å². The average Bonchev–Trinajstić information content (AvgIpc) is 3.13. The number of H-pyrrole nitrogens is 1. The maximum absolute atomic E-state index is 4.38. The highest BCUT2D eigenvalue weighted by Gasteiger charge is 2.39. The van der Waals surface area contributed by atoms with Crippen LogP contribution < -0.4 is 4.90 Å². The number of aromatic nitrogens is 4. The first-order valence-electron chi connectivity index (χ1n) is 7.06. The topological polar surface area (TPSA) is 60.9 Å². The molecule has 0 aromatic carbocycles. The molecule has 4 heterocycles. The summed E-state index contributed by atoms with van der Waals surface area (Å²) in [6.07, 6.45) is 3.60. The highest BCUT2D eigenvalue weighted by atomic mass is 15.3. The van der Waals surface area contributed by atoms with E-state index in [0.717, 1.165) is 42.0 Å². The Labute approximate surface area is 117 Å². The molecule has 2 aromatic rings. The minimum absolute atomic E-state index is 0.787. The summed E-state index contributed by atoms with van der Waals surface area (Å²) in [5, 5.41) is 15.4. The van der Waals surface area contributed by atoms with Crippen LogP contribution in [-0.4, -0.2) is 58.5 Å². The molecule has 0 spiro atoms. The highest BCUT2D eigenvalue weighted by Crippen LogP contribution is 2.32. The first-order chi connectivity index (χ1) is 9.79. The maximum atomic E-state index is 4.38. The van der Waals surface area contributed by atoms with Crippen LogP contribution in [0, 0.1) is 11.8 Å². The van der Waals surface area contributed by atoms with Gasteiger partial charge in [0.05, 0.1) is 11.9 Å². The molecule has 1 N–H and O–H groups in total. The lowest BCUT2D eigenvalue weighted by atomic mass is 10.0. The van der Waals surface area contributed by atoms with Gasteiger partial charge in [-0.3, -0.25) is 5.10 Å². The van der Waals surface area contributed by atoms with E-state index in [9.17, 15) is 0 Å². The largest absolute Gasteiger partial charge is 0.354 e. The number of hydrogen-bond acceptors (Lipinski definition) is 5. The SMILES string of the molecule is CN1CC2CN(c3ccc(-c4cn[nH]c4)nn3)CC2C1. The predicted molar refractivity (Wildman–Crippen MR) is 76.3 cm³/mol. The van der Waals surface area contributed by atoms with E-state index in [-0.39, 0.29) is 0 Å². The smallest absolute Gasteiger partial charge is 0.151 e. The third kappa shape index (κ3) is 1.96. The van der Waals surface area contributed by atoms with Crippen LogP contribution in [0.5, 0.6) is 0 Å². The Kier molecular flexibility index (Phi) is 2.70. The summed E-state index contributed by atoms with van der Waals surface area (Å²) in [5.74, 6) is 2.57. The van der Waals surface area contributed by atoms with E-state index in [0.29, 0.717) is 0 Å². The molecule has 2 fully saturated rings. The Morgan fingerprint density at radius 1 is 1.10 bits per heavy atom. The first-order valence-corrected chi connectivity index (χ1v) is 7.06. The second kappa shape index (κ2) is 4.56. The van der Waals surface area contributed by atoms with E-state index < -0.39 is 0 Å². The Hall–Kier alpha value is -1.95. The molecule has 6 heteroatoms. The fourth-order valence-electron chi connectivity index (χ4n) is 3.45. The fourth-order valence-corrected chi connectivity index (χ4v) is 3.45. The number of rotatable bonds is 2. The second-order valence-electron chi connectivity index (χ2n) is 5.91. The van der Waals surface area contributed by atoms with Gasteiger partial charge in [-0.1, -0.05) is 0 Å². The molecule has 0 aliphatic carbocycles.